The Balaban J connectivity index is 2.59. The van der Waals surface area contributed by atoms with Gasteiger partial charge in [0.15, 0.2) is 0 Å². The molecule has 1 fully saturated rings. The van der Waals surface area contributed by atoms with Gasteiger partial charge in [0.2, 0.25) is 0 Å². The molecule has 0 spiro atoms. The van der Waals surface area contributed by atoms with E-state index >= 15 is 0 Å². The molecule has 13 heavy (non-hydrogen) atoms. The number of ketones is 1. The number of rotatable bonds is 3. The van der Waals surface area contributed by atoms with Gasteiger partial charge < -0.3 is 4.79 Å². The molecular formula is C11H18O2. The Morgan fingerprint density at radius 1 is 1.38 bits per heavy atom. The van der Waals surface area contributed by atoms with Gasteiger partial charge in [-0.2, -0.15) is 0 Å². The lowest BCUT2D eigenvalue weighted by molar-refractivity contribution is -0.128. The summed E-state index contributed by atoms with van der Waals surface area (Å²) >= 11 is 0. The minimum atomic E-state index is -0.197. The van der Waals surface area contributed by atoms with E-state index in [9.17, 15) is 9.59 Å². The maximum absolute atomic E-state index is 11.7. The van der Waals surface area contributed by atoms with Crippen molar-refractivity contribution in [2.24, 2.45) is 5.41 Å². The fourth-order valence-corrected chi connectivity index (χ4v) is 2.06. The Labute approximate surface area is 79.7 Å². The van der Waals surface area contributed by atoms with Crippen LogP contribution in [0.1, 0.15) is 51.9 Å². The van der Waals surface area contributed by atoms with Crippen LogP contribution in [0.3, 0.4) is 0 Å². The van der Waals surface area contributed by atoms with Crippen molar-refractivity contribution in [2.45, 2.75) is 51.9 Å². The summed E-state index contributed by atoms with van der Waals surface area (Å²) in [5.74, 6) is 0.367. The van der Waals surface area contributed by atoms with Crippen molar-refractivity contribution in [3.05, 3.63) is 0 Å². The van der Waals surface area contributed by atoms with E-state index in [1.54, 1.807) is 0 Å². The SMILES string of the molecule is C[C@@]1(CCC=O)CCCCCC1=O. The zero-order chi connectivity index (χ0) is 9.73. The predicted molar refractivity (Wildman–Crippen MR) is 51.5 cm³/mol. The summed E-state index contributed by atoms with van der Waals surface area (Å²) in [4.78, 5) is 22.0. The zero-order valence-corrected chi connectivity index (χ0v) is 8.34. The van der Waals surface area contributed by atoms with Crippen LogP contribution in [0.4, 0.5) is 0 Å². The molecule has 0 bridgehead atoms. The lowest BCUT2D eigenvalue weighted by atomic mass is 9.78. The standard InChI is InChI=1S/C11H18O2/c1-11(8-5-9-12)7-4-2-3-6-10(11)13/h9H,2-8H2,1H3/t11-/m0/s1. The number of hydrogen-bond acceptors (Lipinski definition) is 2. The molecular weight excluding hydrogens is 164 g/mol. The molecule has 1 saturated carbocycles. The molecule has 0 aromatic heterocycles. The van der Waals surface area contributed by atoms with Gasteiger partial charge in [0.1, 0.15) is 12.1 Å². The highest BCUT2D eigenvalue weighted by Gasteiger charge is 2.32. The Bertz CT molecular complexity index is 198. The van der Waals surface area contributed by atoms with E-state index in [0.29, 0.717) is 12.2 Å². The summed E-state index contributed by atoms with van der Waals surface area (Å²) in [5.41, 5.74) is -0.197. The van der Waals surface area contributed by atoms with Crippen molar-refractivity contribution >= 4 is 12.1 Å². The Morgan fingerprint density at radius 3 is 2.85 bits per heavy atom. The van der Waals surface area contributed by atoms with E-state index in [-0.39, 0.29) is 5.41 Å². The van der Waals surface area contributed by atoms with Gasteiger partial charge in [-0.15, -0.1) is 0 Å². The molecule has 0 amide bonds. The van der Waals surface area contributed by atoms with Gasteiger partial charge >= 0.3 is 0 Å². The Morgan fingerprint density at radius 2 is 2.15 bits per heavy atom. The topological polar surface area (TPSA) is 34.1 Å². The first-order valence-electron chi connectivity index (χ1n) is 5.16. The fraction of sp³-hybridized carbons (Fsp3) is 0.818. The molecule has 2 nitrogen and oxygen atoms in total. The first-order valence-corrected chi connectivity index (χ1v) is 5.16. The first kappa shape index (κ1) is 10.4. The van der Waals surface area contributed by atoms with Crippen LogP contribution in [0.15, 0.2) is 0 Å². The van der Waals surface area contributed by atoms with Crippen LogP contribution in [-0.2, 0) is 9.59 Å². The smallest absolute Gasteiger partial charge is 0.138 e. The predicted octanol–water partition coefficient (Wildman–Crippen LogP) is 2.51. The van der Waals surface area contributed by atoms with Crippen molar-refractivity contribution < 1.29 is 9.59 Å². The van der Waals surface area contributed by atoms with Crippen molar-refractivity contribution in [2.75, 3.05) is 0 Å². The highest BCUT2D eigenvalue weighted by Crippen LogP contribution is 2.35. The van der Waals surface area contributed by atoms with Crippen molar-refractivity contribution in [1.29, 1.82) is 0 Å². The van der Waals surface area contributed by atoms with Crippen LogP contribution in [0.2, 0.25) is 0 Å². The van der Waals surface area contributed by atoms with Crippen LogP contribution in [0, 0.1) is 5.41 Å². The average Bonchev–Trinajstić information content (AvgIpc) is 2.28. The van der Waals surface area contributed by atoms with Crippen LogP contribution >= 0.6 is 0 Å². The molecule has 0 saturated heterocycles. The number of hydrogen-bond donors (Lipinski definition) is 0. The molecule has 0 N–H and O–H groups in total. The lowest BCUT2D eigenvalue weighted by Crippen LogP contribution is -2.26. The normalized spacial score (nSPS) is 29.8. The van der Waals surface area contributed by atoms with Crippen LogP contribution in [0.5, 0.6) is 0 Å². The van der Waals surface area contributed by atoms with Gasteiger partial charge in [-0.25, -0.2) is 0 Å². The molecule has 1 aliphatic carbocycles. The van der Waals surface area contributed by atoms with Crippen molar-refractivity contribution in [3.8, 4) is 0 Å². The lowest BCUT2D eigenvalue weighted by Gasteiger charge is -2.25. The zero-order valence-electron chi connectivity index (χ0n) is 8.34. The second-order valence-electron chi connectivity index (χ2n) is 4.25. The maximum Gasteiger partial charge on any atom is 0.138 e. The summed E-state index contributed by atoms with van der Waals surface area (Å²) in [6.07, 6.45) is 7.23. The molecule has 1 rings (SSSR count). The molecule has 2 heteroatoms. The summed E-state index contributed by atoms with van der Waals surface area (Å²) < 4.78 is 0. The van der Waals surface area contributed by atoms with Gasteiger partial charge in [0, 0.05) is 18.3 Å². The largest absolute Gasteiger partial charge is 0.303 e. The summed E-state index contributed by atoms with van der Waals surface area (Å²) in [6.45, 7) is 2.02. The van der Waals surface area contributed by atoms with Gasteiger partial charge in [-0.05, 0) is 19.3 Å². The van der Waals surface area contributed by atoms with Gasteiger partial charge in [0.05, 0.1) is 0 Å². The van der Waals surface area contributed by atoms with Gasteiger partial charge in [-0.3, -0.25) is 4.79 Å². The summed E-state index contributed by atoms with van der Waals surface area (Å²) in [6, 6.07) is 0. The van der Waals surface area contributed by atoms with Crippen LogP contribution < -0.4 is 0 Å². The molecule has 74 valence electrons. The number of carbonyl (C=O) groups is 2. The third-order valence-electron chi connectivity index (χ3n) is 3.12. The number of carbonyl (C=O) groups excluding carboxylic acids is 2. The molecule has 0 unspecified atom stereocenters. The fourth-order valence-electron chi connectivity index (χ4n) is 2.06. The monoisotopic (exact) mass is 182 g/mol. The summed E-state index contributed by atoms with van der Waals surface area (Å²) in [5, 5.41) is 0. The molecule has 1 aliphatic rings. The molecule has 0 aromatic rings. The van der Waals surface area contributed by atoms with E-state index in [1.165, 1.54) is 6.42 Å². The molecule has 0 aromatic carbocycles. The summed E-state index contributed by atoms with van der Waals surface area (Å²) in [7, 11) is 0. The van der Waals surface area contributed by atoms with Crippen LogP contribution in [0.25, 0.3) is 0 Å². The average molecular weight is 182 g/mol. The molecule has 0 heterocycles. The third-order valence-corrected chi connectivity index (χ3v) is 3.12. The van der Waals surface area contributed by atoms with Crippen LogP contribution in [-0.4, -0.2) is 12.1 Å². The van der Waals surface area contributed by atoms with E-state index in [2.05, 4.69) is 0 Å². The number of aldehydes is 1. The second-order valence-corrected chi connectivity index (χ2v) is 4.25. The van der Waals surface area contributed by atoms with Gasteiger partial charge in [-0.1, -0.05) is 19.8 Å². The molecule has 1 atom stereocenters. The second kappa shape index (κ2) is 4.54. The highest BCUT2D eigenvalue weighted by atomic mass is 16.1. The highest BCUT2D eigenvalue weighted by molar-refractivity contribution is 5.84. The van der Waals surface area contributed by atoms with E-state index in [0.717, 1.165) is 38.4 Å². The van der Waals surface area contributed by atoms with E-state index < -0.39 is 0 Å². The Kier molecular flexibility index (Phi) is 3.64. The Hall–Kier alpha value is -0.660. The quantitative estimate of drug-likeness (QED) is 0.496. The van der Waals surface area contributed by atoms with Crippen molar-refractivity contribution in [3.63, 3.8) is 0 Å². The van der Waals surface area contributed by atoms with Crippen molar-refractivity contribution in [1.82, 2.24) is 0 Å². The number of Topliss-reactive ketones (excluding diaryl/α,β-unsaturated/α-hetero) is 1. The third kappa shape index (κ3) is 2.64. The minimum absolute atomic E-state index is 0.197. The first-order chi connectivity index (χ1) is 6.19. The molecule has 0 aliphatic heterocycles. The van der Waals surface area contributed by atoms with E-state index in [4.69, 9.17) is 0 Å². The van der Waals surface area contributed by atoms with Gasteiger partial charge in [0.25, 0.3) is 0 Å². The van der Waals surface area contributed by atoms with E-state index in [1.807, 2.05) is 6.92 Å². The maximum atomic E-state index is 11.7. The molecule has 0 radical (unpaired) electrons. The minimum Gasteiger partial charge on any atom is -0.303 e.